The van der Waals surface area contributed by atoms with E-state index in [1.54, 1.807) is 18.2 Å². The summed E-state index contributed by atoms with van der Waals surface area (Å²) < 4.78 is 13.7. The van der Waals surface area contributed by atoms with E-state index in [1.807, 2.05) is 12.1 Å². The molecule has 2 aromatic carbocycles. The van der Waals surface area contributed by atoms with E-state index in [0.717, 1.165) is 11.6 Å². The smallest absolute Gasteiger partial charge is 0.339 e. The molecule has 22 heavy (non-hydrogen) atoms. The van der Waals surface area contributed by atoms with Gasteiger partial charge in [-0.05, 0) is 22.8 Å². The van der Waals surface area contributed by atoms with Crippen LogP contribution in [0, 0.1) is 5.82 Å². The molecule has 1 fully saturated rings. The zero-order valence-electron chi connectivity index (χ0n) is 11.7. The van der Waals surface area contributed by atoms with Crippen LogP contribution in [0.5, 0.6) is 0 Å². The van der Waals surface area contributed by atoms with Crippen LogP contribution in [0.25, 0.3) is 11.1 Å². The predicted octanol–water partition coefficient (Wildman–Crippen LogP) is 2.79. The second kappa shape index (κ2) is 5.60. The first-order chi connectivity index (χ1) is 10.6. The van der Waals surface area contributed by atoms with Crippen molar-refractivity contribution in [2.75, 3.05) is 6.54 Å². The highest BCUT2D eigenvalue weighted by atomic mass is 19.1. The van der Waals surface area contributed by atoms with Crippen molar-refractivity contribution in [2.45, 2.75) is 12.3 Å². The number of carbonyl (C=O) groups excluding carboxylic acids is 1. The van der Waals surface area contributed by atoms with E-state index >= 15 is 0 Å². The molecule has 1 atom stereocenters. The average molecular weight is 299 g/mol. The monoisotopic (exact) mass is 299 g/mol. The molecule has 0 radical (unpaired) electrons. The Hall–Kier alpha value is -2.69. The Bertz CT molecular complexity index is 740. The number of benzene rings is 2. The zero-order valence-corrected chi connectivity index (χ0v) is 11.7. The van der Waals surface area contributed by atoms with Crippen molar-refractivity contribution < 1.29 is 19.1 Å². The van der Waals surface area contributed by atoms with Crippen molar-refractivity contribution in [3.63, 3.8) is 0 Å². The van der Waals surface area contributed by atoms with Gasteiger partial charge in [0.15, 0.2) is 0 Å². The third-order valence-corrected chi connectivity index (χ3v) is 3.90. The molecule has 2 aromatic rings. The Labute approximate surface area is 126 Å². The number of aromatic carboxylic acids is 1. The summed E-state index contributed by atoms with van der Waals surface area (Å²) in [7, 11) is 0. The van der Waals surface area contributed by atoms with Crippen molar-refractivity contribution in [3.8, 4) is 11.1 Å². The SMILES string of the molecule is O=C1CC(c2ccc(-c3cccc(F)c3C(=O)O)cc2)CN1. The van der Waals surface area contributed by atoms with Crippen LogP contribution in [0.15, 0.2) is 42.5 Å². The summed E-state index contributed by atoms with van der Waals surface area (Å²) in [4.78, 5) is 22.5. The predicted molar refractivity (Wildman–Crippen MR) is 79.2 cm³/mol. The summed E-state index contributed by atoms with van der Waals surface area (Å²) in [5.41, 5.74) is 1.67. The number of nitrogens with one attached hydrogen (secondary N) is 1. The molecule has 0 bridgehead atoms. The number of carbonyl (C=O) groups is 2. The molecule has 1 aliphatic rings. The van der Waals surface area contributed by atoms with Gasteiger partial charge >= 0.3 is 5.97 Å². The van der Waals surface area contributed by atoms with Gasteiger partial charge in [0.25, 0.3) is 0 Å². The average Bonchev–Trinajstić information content (AvgIpc) is 2.93. The molecular weight excluding hydrogens is 285 g/mol. The fourth-order valence-electron chi connectivity index (χ4n) is 2.76. The molecule has 1 amide bonds. The molecule has 1 saturated heterocycles. The van der Waals surface area contributed by atoms with Crippen LogP contribution >= 0.6 is 0 Å². The molecule has 0 aliphatic carbocycles. The lowest BCUT2D eigenvalue weighted by Gasteiger charge is -2.11. The van der Waals surface area contributed by atoms with E-state index in [9.17, 15) is 19.1 Å². The van der Waals surface area contributed by atoms with Crippen LogP contribution in [-0.4, -0.2) is 23.5 Å². The highest BCUT2D eigenvalue weighted by Crippen LogP contribution is 2.29. The minimum absolute atomic E-state index is 0.0346. The number of hydrogen-bond donors (Lipinski definition) is 2. The second-order valence-electron chi connectivity index (χ2n) is 5.29. The Balaban J connectivity index is 1.95. The van der Waals surface area contributed by atoms with Gasteiger partial charge < -0.3 is 10.4 Å². The quantitative estimate of drug-likeness (QED) is 0.916. The standard InChI is InChI=1S/C17H14FNO3/c18-14-3-1-2-13(16(14)17(21)22)11-6-4-10(5-7-11)12-8-15(20)19-9-12/h1-7,12H,8-9H2,(H,19,20)(H,21,22). The molecule has 2 N–H and O–H groups in total. The van der Waals surface area contributed by atoms with E-state index < -0.39 is 11.8 Å². The highest BCUT2D eigenvalue weighted by Gasteiger charge is 2.23. The highest BCUT2D eigenvalue weighted by molar-refractivity contribution is 5.96. The molecule has 1 aliphatic heterocycles. The fourth-order valence-corrected chi connectivity index (χ4v) is 2.76. The van der Waals surface area contributed by atoms with Crippen LogP contribution in [0.3, 0.4) is 0 Å². The van der Waals surface area contributed by atoms with Crippen molar-refractivity contribution in [1.29, 1.82) is 0 Å². The summed E-state index contributed by atoms with van der Waals surface area (Å²) in [6.45, 7) is 0.610. The van der Waals surface area contributed by atoms with Crippen molar-refractivity contribution >= 4 is 11.9 Å². The molecule has 0 saturated carbocycles. The van der Waals surface area contributed by atoms with Gasteiger partial charge in [-0.3, -0.25) is 4.79 Å². The van der Waals surface area contributed by atoms with E-state index in [4.69, 9.17) is 0 Å². The van der Waals surface area contributed by atoms with Crippen LogP contribution in [0.1, 0.15) is 28.3 Å². The molecule has 4 nitrogen and oxygen atoms in total. The molecule has 112 valence electrons. The molecule has 0 spiro atoms. The van der Waals surface area contributed by atoms with Crippen molar-refractivity contribution in [1.82, 2.24) is 5.32 Å². The lowest BCUT2D eigenvalue weighted by Crippen LogP contribution is -2.13. The van der Waals surface area contributed by atoms with Crippen molar-refractivity contribution in [2.24, 2.45) is 0 Å². The molecular formula is C17H14FNO3. The number of halogens is 1. The maximum Gasteiger partial charge on any atom is 0.339 e. The van der Waals surface area contributed by atoms with Gasteiger partial charge in [0, 0.05) is 18.9 Å². The van der Waals surface area contributed by atoms with E-state index in [1.165, 1.54) is 6.07 Å². The number of rotatable bonds is 3. The summed E-state index contributed by atoms with van der Waals surface area (Å²) in [5.74, 6) is -1.87. The summed E-state index contributed by atoms with van der Waals surface area (Å²) in [5, 5.41) is 12.0. The van der Waals surface area contributed by atoms with Crippen LogP contribution in [0.2, 0.25) is 0 Å². The Morgan fingerprint density at radius 2 is 1.91 bits per heavy atom. The molecule has 1 heterocycles. The molecule has 0 aromatic heterocycles. The number of hydrogen-bond acceptors (Lipinski definition) is 2. The van der Waals surface area contributed by atoms with Crippen LogP contribution in [-0.2, 0) is 4.79 Å². The fraction of sp³-hybridized carbons (Fsp3) is 0.176. The first-order valence-corrected chi connectivity index (χ1v) is 6.95. The summed E-state index contributed by atoms with van der Waals surface area (Å²) >= 11 is 0. The van der Waals surface area contributed by atoms with E-state index in [-0.39, 0.29) is 17.4 Å². The maximum absolute atomic E-state index is 13.7. The lowest BCUT2D eigenvalue weighted by molar-refractivity contribution is -0.119. The van der Waals surface area contributed by atoms with Gasteiger partial charge in [-0.1, -0.05) is 36.4 Å². The van der Waals surface area contributed by atoms with Gasteiger partial charge in [-0.25, -0.2) is 9.18 Å². The Morgan fingerprint density at radius 1 is 1.18 bits per heavy atom. The van der Waals surface area contributed by atoms with Gasteiger partial charge in [0.05, 0.1) is 0 Å². The largest absolute Gasteiger partial charge is 0.478 e. The number of carboxylic acid groups (broad SMARTS) is 1. The normalized spacial score (nSPS) is 17.3. The van der Waals surface area contributed by atoms with Gasteiger partial charge in [0.1, 0.15) is 11.4 Å². The number of amides is 1. The third-order valence-electron chi connectivity index (χ3n) is 3.90. The van der Waals surface area contributed by atoms with E-state index in [0.29, 0.717) is 24.1 Å². The summed E-state index contributed by atoms with van der Waals surface area (Å²) in [6, 6.07) is 11.5. The van der Waals surface area contributed by atoms with Gasteiger partial charge in [-0.2, -0.15) is 0 Å². The lowest BCUT2D eigenvalue weighted by atomic mass is 9.94. The first-order valence-electron chi connectivity index (χ1n) is 6.95. The van der Waals surface area contributed by atoms with Crippen LogP contribution in [0.4, 0.5) is 4.39 Å². The first kappa shape index (κ1) is 14.3. The summed E-state index contributed by atoms with van der Waals surface area (Å²) in [6.07, 6.45) is 0.458. The third kappa shape index (κ3) is 2.57. The maximum atomic E-state index is 13.7. The molecule has 3 rings (SSSR count). The minimum atomic E-state index is -1.29. The van der Waals surface area contributed by atoms with Crippen LogP contribution < -0.4 is 5.32 Å². The number of carboxylic acids is 1. The zero-order chi connectivity index (χ0) is 15.7. The van der Waals surface area contributed by atoms with Gasteiger partial charge in [-0.15, -0.1) is 0 Å². The van der Waals surface area contributed by atoms with E-state index in [2.05, 4.69) is 5.32 Å². The molecule has 5 heteroatoms. The Morgan fingerprint density at radius 3 is 2.50 bits per heavy atom. The van der Waals surface area contributed by atoms with Gasteiger partial charge in [0.2, 0.25) is 5.91 Å². The molecule has 1 unspecified atom stereocenters. The van der Waals surface area contributed by atoms with Crippen molar-refractivity contribution in [3.05, 3.63) is 59.4 Å². The Kier molecular flexibility index (Phi) is 3.63. The topological polar surface area (TPSA) is 66.4 Å². The minimum Gasteiger partial charge on any atom is -0.478 e. The second-order valence-corrected chi connectivity index (χ2v) is 5.29.